The van der Waals surface area contributed by atoms with E-state index in [4.69, 9.17) is 5.11 Å². The van der Waals surface area contributed by atoms with Gasteiger partial charge in [-0.25, -0.2) is 4.39 Å². The quantitative estimate of drug-likeness (QED) is 0.923. The number of aliphatic hydroxyl groups excluding tert-OH is 1. The van der Waals surface area contributed by atoms with Crippen molar-refractivity contribution in [3.05, 3.63) is 35.6 Å². The van der Waals surface area contributed by atoms with Crippen molar-refractivity contribution in [1.82, 2.24) is 9.80 Å². The van der Waals surface area contributed by atoms with E-state index in [0.29, 0.717) is 19.0 Å². The number of rotatable bonds is 4. The number of hydrogen-bond donors (Lipinski definition) is 1. The highest BCUT2D eigenvalue weighted by Crippen LogP contribution is 2.20. The molecule has 122 valence electrons. The van der Waals surface area contributed by atoms with E-state index in [0.717, 1.165) is 25.1 Å². The number of carbonyl (C=O) groups excluding carboxylic acids is 1. The zero-order chi connectivity index (χ0) is 16.1. The molecule has 0 aromatic heterocycles. The standard InChI is InChI=1S/C17H25FN2O2/c1-13(2)16-11-20(17(22)12-21)9-3-8-19(16)10-14-4-6-15(18)7-5-14/h4-7,13,16,21H,3,8-12H2,1-2H3. The first-order valence-corrected chi connectivity index (χ1v) is 7.88. The Labute approximate surface area is 131 Å². The highest BCUT2D eigenvalue weighted by atomic mass is 19.1. The number of benzene rings is 1. The third-order valence-electron chi connectivity index (χ3n) is 4.31. The van der Waals surface area contributed by atoms with Gasteiger partial charge < -0.3 is 10.0 Å². The van der Waals surface area contributed by atoms with Gasteiger partial charge in [0.05, 0.1) is 0 Å². The van der Waals surface area contributed by atoms with Gasteiger partial charge >= 0.3 is 0 Å². The van der Waals surface area contributed by atoms with Crippen LogP contribution in [0.15, 0.2) is 24.3 Å². The van der Waals surface area contributed by atoms with Crippen LogP contribution in [0, 0.1) is 11.7 Å². The monoisotopic (exact) mass is 308 g/mol. The number of amides is 1. The molecule has 0 aliphatic carbocycles. The molecular formula is C17H25FN2O2. The maximum absolute atomic E-state index is 13.0. The fraction of sp³-hybridized carbons (Fsp3) is 0.588. The number of carbonyl (C=O) groups is 1. The lowest BCUT2D eigenvalue weighted by molar-refractivity contribution is -0.134. The van der Waals surface area contributed by atoms with Crippen molar-refractivity contribution in [2.24, 2.45) is 5.92 Å². The first kappa shape index (κ1) is 16.9. The second-order valence-corrected chi connectivity index (χ2v) is 6.26. The number of aliphatic hydroxyl groups is 1. The van der Waals surface area contributed by atoms with Crippen molar-refractivity contribution in [2.45, 2.75) is 32.9 Å². The van der Waals surface area contributed by atoms with E-state index in [1.165, 1.54) is 12.1 Å². The van der Waals surface area contributed by atoms with Crippen molar-refractivity contribution >= 4 is 5.91 Å². The van der Waals surface area contributed by atoms with E-state index in [9.17, 15) is 9.18 Å². The van der Waals surface area contributed by atoms with Crippen LogP contribution >= 0.6 is 0 Å². The minimum atomic E-state index is -0.428. The topological polar surface area (TPSA) is 43.8 Å². The average Bonchev–Trinajstić information content (AvgIpc) is 2.71. The number of nitrogens with zero attached hydrogens (tertiary/aromatic N) is 2. The van der Waals surface area contributed by atoms with Crippen molar-refractivity contribution in [3.8, 4) is 0 Å². The molecule has 1 aromatic carbocycles. The summed E-state index contributed by atoms with van der Waals surface area (Å²) in [5, 5.41) is 9.09. The summed E-state index contributed by atoms with van der Waals surface area (Å²) in [5.74, 6) is -0.0263. The molecule has 0 saturated carbocycles. The summed E-state index contributed by atoms with van der Waals surface area (Å²) < 4.78 is 13.0. The third kappa shape index (κ3) is 4.27. The Morgan fingerprint density at radius 3 is 2.59 bits per heavy atom. The van der Waals surface area contributed by atoms with Crippen LogP contribution in [-0.2, 0) is 11.3 Å². The Balaban J connectivity index is 2.11. The van der Waals surface area contributed by atoms with E-state index >= 15 is 0 Å². The van der Waals surface area contributed by atoms with Gasteiger partial charge in [0.15, 0.2) is 0 Å². The molecule has 1 atom stereocenters. The van der Waals surface area contributed by atoms with Crippen LogP contribution in [0.4, 0.5) is 4.39 Å². The second-order valence-electron chi connectivity index (χ2n) is 6.26. The van der Waals surface area contributed by atoms with Gasteiger partial charge in [-0.1, -0.05) is 26.0 Å². The predicted octanol–water partition coefficient (Wildman–Crippen LogP) is 1.88. The molecule has 1 unspecified atom stereocenters. The summed E-state index contributed by atoms with van der Waals surface area (Å²) in [4.78, 5) is 15.9. The molecule has 0 bridgehead atoms. The Morgan fingerprint density at radius 2 is 2.00 bits per heavy atom. The molecule has 0 spiro atoms. The molecule has 1 amide bonds. The van der Waals surface area contributed by atoms with Gasteiger partial charge in [-0.05, 0) is 30.0 Å². The van der Waals surface area contributed by atoms with Crippen LogP contribution < -0.4 is 0 Å². The Bertz CT molecular complexity index is 490. The summed E-state index contributed by atoms with van der Waals surface area (Å²) >= 11 is 0. The first-order valence-electron chi connectivity index (χ1n) is 7.88. The van der Waals surface area contributed by atoms with Crippen molar-refractivity contribution in [1.29, 1.82) is 0 Å². The molecule has 5 heteroatoms. The van der Waals surface area contributed by atoms with Gasteiger partial charge in [0.2, 0.25) is 5.91 Å². The molecule has 1 aliphatic heterocycles. The first-order chi connectivity index (χ1) is 10.5. The maximum Gasteiger partial charge on any atom is 0.248 e. The minimum absolute atomic E-state index is 0.200. The maximum atomic E-state index is 13.0. The molecule has 0 radical (unpaired) electrons. The second kappa shape index (κ2) is 7.70. The van der Waals surface area contributed by atoms with Gasteiger partial charge in [0, 0.05) is 32.2 Å². The zero-order valence-corrected chi connectivity index (χ0v) is 13.3. The van der Waals surface area contributed by atoms with Crippen LogP contribution in [0.2, 0.25) is 0 Å². The number of halogens is 1. The summed E-state index contributed by atoms with van der Waals surface area (Å²) in [6, 6.07) is 6.84. The zero-order valence-electron chi connectivity index (χ0n) is 13.3. The molecule has 1 N–H and O–H groups in total. The number of hydrogen-bond acceptors (Lipinski definition) is 3. The lowest BCUT2D eigenvalue weighted by Crippen LogP contribution is -2.46. The third-order valence-corrected chi connectivity index (χ3v) is 4.31. The van der Waals surface area contributed by atoms with E-state index in [1.807, 2.05) is 12.1 Å². The SMILES string of the molecule is CC(C)C1CN(C(=O)CO)CCCN1Cc1ccc(F)cc1. The Kier molecular flexibility index (Phi) is 5.91. The van der Waals surface area contributed by atoms with Crippen molar-refractivity contribution < 1.29 is 14.3 Å². The lowest BCUT2D eigenvalue weighted by Gasteiger charge is -2.34. The molecule has 2 rings (SSSR count). The van der Waals surface area contributed by atoms with Gasteiger partial charge in [-0.3, -0.25) is 9.69 Å². The van der Waals surface area contributed by atoms with Crippen LogP contribution in [0.5, 0.6) is 0 Å². The van der Waals surface area contributed by atoms with Gasteiger partial charge in [-0.15, -0.1) is 0 Å². The van der Waals surface area contributed by atoms with Crippen LogP contribution in [-0.4, -0.2) is 53.1 Å². The van der Waals surface area contributed by atoms with E-state index < -0.39 is 6.61 Å². The fourth-order valence-electron chi connectivity index (χ4n) is 3.04. The predicted molar refractivity (Wildman–Crippen MR) is 83.7 cm³/mol. The molecule has 1 saturated heterocycles. The van der Waals surface area contributed by atoms with Crippen LogP contribution in [0.1, 0.15) is 25.8 Å². The fourth-order valence-corrected chi connectivity index (χ4v) is 3.04. The normalized spacial score (nSPS) is 20.2. The van der Waals surface area contributed by atoms with Gasteiger partial charge in [0.25, 0.3) is 0 Å². The Hall–Kier alpha value is -1.46. The van der Waals surface area contributed by atoms with Crippen molar-refractivity contribution in [2.75, 3.05) is 26.2 Å². The van der Waals surface area contributed by atoms with E-state index in [1.54, 1.807) is 4.90 Å². The van der Waals surface area contributed by atoms with Gasteiger partial charge in [-0.2, -0.15) is 0 Å². The summed E-state index contributed by atoms with van der Waals surface area (Å²) in [6.07, 6.45) is 0.885. The average molecular weight is 308 g/mol. The Morgan fingerprint density at radius 1 is 1.32 bits per heavy atom. The molecule has 1 aromatic rings. The molecule has 1 fully saturated rings. The molecule has 1 heterocycles. The summed E-state index contributed by atoms with van der Waals surface area (Å²) in [5.41, 5.74) is 1.08. The minimum Gasteiger partial charge on any atom is -0.387 e. The van der Waals surface area contributed by atoms with Gasteiger partial charge in [0.1, 0.15) is 12.4 Å². The smallest absolute Gasteiger partial charge is 0.248 e. The molecule has 4 nitrogen and oxygen atoms in total. The molecule has 1 aliphatic rings. The van der Waals surface area contributed by atoms with Crippen molar-refractivity contribution in [3.63, 3.8) is 0 Å². The highest BCUT2D eigenvalue weighted by molar-refractivity contribution is 5.77. The summed E-state index contributed by atoms with van der Waals surface area (Å²) in [6.45, 7) is 6.84. The molecule has 22 heavy (non-hydrogen) atoms. The summed E-state index contributed by atoms with van der Waals surface area (Å²) in [7, 11) is 0. The van der Waals surface area contributed by atoms with E-state index in [-0.39, 0.29) is 17.8 Å². The lowest BCUT2D eigenvalue weighted by atomic mass is 10.0. The largest absolute Gasteiger partial charge is 0.387 e. The van der Waals surface area contributed by atoms with Crippen LogP contribution in [0.25, 0.3) is 0 Å². The van der Waals surface area contributed by atoms with E-state index in [2.05, 4.69) is 18.7 Å². The van der Waals surface area contributed by atoms with Crippen LogP contribution in [0.3, 0.4) is 0 Å². The molecular weight excluding hydrogens is 283 g/mol. The highest BCUT2D eigenvalue weighted by Gasteiger charge is 2.29.